The molecule has 1 aromatic heterocycles. The Labute approximate surface area is 117 Å². The highest BCUT2D eigenvalue weighted by molar-refractivity contribution is 5.82. The van der Waals surface area contributed by atoms with Crippen LogP contribution in [0.1, 0.15) is 12.8 Å². The smallest absolute Gasteiger partial charge is 0.248 e. The second-order valence-electron chi connectivity index (χ2n) is 5.36. The van der Waals surface area contributed by atoms with Gasteiger partial charge in [0.2, 0.25) is 5.56 Å². The minimum atomic E-state index is -0.0537. The minimum Gasteiger partial charge on any atom is -0.405 e. The quantitative estimate of drug-likeness (QED) is 0.898. The number of pyridine rings is 1. The Balaban J connectivity index is 1.82. The van der Waals surface area contributed by atoms with Crippen LogP contribution in [-0.2, 0) is 0 Å². The zero-order valence-electron chi connectivity index (χ0n) is 11.4. The van der Waals surface area contributed by atoms with Gasteiger partial charge < -0.3 is 15.6 Å². The zero-order chi connectivity index (χ0) is 13.9. The van der Waals surface area contributed by atoms with Crippen LogP contribution in [0.2, 0.25) is 0 Å². The standard InChI is InChI=1S/C16H19N3O/c17-8-1-2-12-7-9-19(11-12)14-5-3-13-4-6-16(20)18-15(13)10-14/h1,3-6,8,10,12H,2,7,9,11,17H2,(H,18,20). The van der Waals surface area contributed by atoms with Crippen LogP contribution in [0.3, 0.4) is 0 Å². The Morgan fingerprint density at radius 3 is 3.05 bits per heavy atom. The molecule has 2 heterocycles. The monoisotopic (exact) mass is 269 g/mol. The molecule has 4 nitrogen and oxygen atoms in total. The number of rotatable bonds is 3. The highest BCUT2D eigenvalue weighted by Crippen LogP contribution is 2.27. The van der Waals surface area contributed by atoms with Gasteiger partial charge in [-0.25, -0.2) is 0 Å². The van der Waals surface area contributed by atoms with Crippen LogP contribution in [0.15, 0.2) is 47.4 Å². The molecular formula is C16H19N3O. The number of aromatic nitrogens is 1. The molecule has 4 heteroatoms. The topological polar surface area (TPSA) is 62.1 Å². The molecule has 0 radical (unpaired) electrons. The third-order valence-electron chi connectivity index (χ3n) is 3.97. The number of aromatic amines is 1. The first-order valence-electron chi connectivity index (χ1n) is 7.01. The average Bonchev–Trinajstić information content (AvgIpc) is 2.93. The lowest BCUT2D eigenvalue weighted by atomic mass is 10.1. The largest absolute Gasteiger partial charge is 0.405 e. The van der Waals surface area contributed by atoms with Gasteiger partial charge >= 0.3 is 0 Å². The van der Waals surface area contributed by atoms with E-state index in [9.17, 15) is 4.79 Å². The van der Waals surface area contributed by atoms with Gasteiger partial charge in [0.05, 0.1) is 5.52 Å². The normalized spacial score (nSPS) is 19.2. The van der Waals surface area contributed by atoms with Crippen molar-refractivity contribution in [1.29, 1.82) is 0 Å². The molecule has 0 amide bonds. The van der Waals surface area contributed by atoms with E-state index in [1.165, 1.54) is 12.1 Å². The first-order chi connectivity index (χ1) is 9.76. The number of hydrogen-bond donors (Lipinski definition) is 2. The van der Waals surface area contributed by atoms with E-state index in [0.29, 0.717) is 5.92 Å². The summed E-state index contributed by atoms with van der Waals surface area (Å²) in [7, 11) is 0. The van der Waals surface area contributed by atoms with E-state index in [1.807, 2.05) is 12.1 Å². The lowest BCUT2D eigenvalue weighted by Crippen LogP contribution is -2.19. The van der Waals surface area contributed by atoms with E-state index >= 15 is 0 Å². The number of anilines is 1. The molecular weight excluding hydrogens is 250 g/mol. The third-order valence-corrected chi connectivity index (χ3v) is 3.97. The number of hydrogen-bond acceptors (Lipinski definition) is 3. The molecule has 104 valence electrons. The molecule has 0 aliphatic carbocycles. The van der Waals surface area contributed by atoms with E-state index in [4.69, 9.17) is 5.73 Å². The molecule has 0 spiro atoms. The fourth-order valence-electron chi connectivity index (χ4n) is 2.86. The zero-order valence-corrected chi connectivity index (χ0v) is 11.4. The maximum absolute atomic E-state index is 11.4. The van der Waals surface area contributed by atoms with Crippen LogP contribution >= 0.6 is 0 Å². The molecule has 1 aromatic carbocycles. The molecule has 2 aromatic rings. The Morgan fingerprint density at radius 1 is 1.35 bits per heavy atom. The van der Waals surface area contributed by atoms with Crippen molar-refractivity contribution in [2.45, 2.75) is 12.8 Å². The Morgan fingerprint density at radius 2 is 2.20 bits per heavy atom. The molecule has 1 atom stereocenters. The minimum absolute atomic E-state index is 0.0537. The van der Waals surface area contributed by atoms with Crippen molar-refractivity contribution >= 4 is 16.6 Å². The highest BCUT2D eigenvalue weighted by atomic mass is 16.1. The maximum atomic E-state index is 11.4. The van der Waals surface area contributed by atoms with Gasteiger partial charge in [-0.2, -0.15) is 0 Å². The van der Waals surface area contributed by atoms with Crippen LogP contribution in [0.25, 0.3) is 10.9 Å². The number of nitrogens with zero attached hydrogens (tertiary/aromatic N) is 1. The van der Waals surface area contributed by atoms with Gasteiger partial charge in [-0.05, 0) is 48.5 Å². The van der Waals surface area contributed by atoms with Crippen LogP contribution in [0.5, 0.6) is 0 Å². The van der Waals surface area contributed by atoms with Crippen LogP contribution in [-0.4, -0.2) is 18.1 Å². The summed E-state index contributed by atoms with van der Waals surface area (Å²) < 4.78 is 0. The molecule has 3 N–H and O–H groups in total. The fraction of sp³-hybridized carbons (Fsp3) is 0.312. The first-order valence-corrected chi connectivity index (χ1v) is 7.01. The molecule has 1 aliphatic heterocycles. The molecule has 20 heavy (non-hydrogen) atoms. The summed E-state index contributed by atoms with van der Waals surface area (Å²) in [4.78, 5) is 16.7. The molecule has 1 unspecified atom stereocenters. The van der Waals surface area contributed by atoms with E-state index in [0.717, 1.165) is 30.4 Å². The number of benzene rings is 1. The van der Waals surface area contributed by atoms with Gasteiger partial charge in [0, 0.05) is 24.8 Å². The summed E-state index contributed by atoms with van der Waals surface area (Å²) >= 11 is 0. The number of nitrogens with one attached hydrogen (secondary N) is 1. The number of allylic oxidation sites excluding steroid dienone is 1. The van der Waals surface area contributed by atoms with Crippen molar-refractivity contribution in [2.75, 3.05) is 18.0 Å². The van der Waals surface area contributed by atoms with Crippen molar-refractivity contribution in [3.63, 3.8) is 0 Å². The molecule has 1 saturated heterocycles. The van der Waals surface area contributed by atoms with Crippen molar-refractivity contribution in [3.8, 4) is 0 Å². The van der Waals surface area contributed by atoms with Crippen molar-refractivity contribution in [2.24, 2.45) is 11.7 Å². The van der Waals surface area contributed by atoms with Gasteiger partial charge in [0.15, 0.2) is 0 Å². The Kier molecular flexibility index (Phi) is 3.46. The van der Waals surface area contributed by atoms with Crippen LogP contribution < -0.4 is 16.2 Å². The van der Waals surface area contributed by atoms with Gasteiger partial charge in [0.1, 0.15) is 0 Å². The predicted octanol–water partition coefficient (Wildman–Crippen LogP) is 2.22. The fourth-order valence-corrected chi connectivity index (χ4v) is 2.86. The summed E-state index contributed by atoms with van der Waals surface area (Å²) in [5.41, 5.74) is 7.43. The molecule has 3 rings (SSSR count). The number of fused-ring (bicyclic) bond motifs is 1. The van der Waals surface area contributed by atoms with Gasteiger partial charge in [-0.3, -0.25) is 4.79 Å². The van der Waals surface area contributed by atoms with E-state index in [2.05, 4.69) is 28.1 Å². The number of H-pyrrole nitrogens is 1. The SMILES string of the molecule is NC=CCC1CCN(c2ccc3ccc(=O)[nH]c3c2)C1. The van der Waals surface area contributed by atoms with Crippen molar-refractivity contribution in [3.05, 3.63) is 53.0 Å². The summed E-state index contributed by atoms with van der Waals surface area (Å²) in [5, 5.41) is 1.06. The second kappa shape index (κ2) is 5.41. The van der Waals surface area contributed by atoms with Crippen LogP contribution in [0.4, 0.5) is 5.69 Å². The predicted molar refractivity (Wildman–Crippen MR) is 82.8 cm³/mol. The first kappa shape index (κ1) is 12.8. The number of nitrogens with two attached hydrogens (primary N) is 1. The van der Waals surface area contributed by atoms with Crippen molar-refractivity contribution in [1.82, 2.24) is 4.98 Å². The lowest BCUT2D eigenvalue weighted by Gasteiger charge is -2.19. The third kappa shape index (κ3) is 2.54. The van der Waals surface area contributed by atoms with E-state index in [1.54, 1.807) is 12.3 Å². The Hall–Kier alpha value is -2.23. The second-order valence-corrected chi connectivity index (χ2v) is 5.36. The van der Waals surface area contributed by atoms with Gasteiger partial charge in [0.25, 0.3) is 0 Å². The van der Waals surface area contributed by atoms with E-state index < -0.39 is 0 Å². The lowest BCUT2D eigenvalue weighted by molar-refractivity contribution is 0.599. The maximum Gasteiger partial charge on any atom is 0.248 e. The van der Waals surface area contributed by atoms with Crippen LogP contribution in [0, 0.1) is 5.92 Å². The van der Waals surface area contributed by atoms with Gasteiger partial charge in [-0.15, -0.1) is 0 Å². The molecule has 1 aliphatic rings. The summed E-state index contributed by atoms with van der Waals surface area (Å²) in [6, 6.07) is 9.68. The Bertz CT molecular complexity index is 689. The average molecular weight is 269 g/mol. The highest BCUT2D eigenvalue weighted by Gasteiger charge is 2.21. The van der Waals surface area contributed by atoms with Crippen molar-refractivity contribution < 1.29 is 0 Å². The van der Waals surface area contributed by atoms with E-state index in [-0.39, 0.29) is 5.56 Å². The summed E-state index contributed by atoms with van der Waals surface area (Å²) in [6.07, 6.45) is 5.89. The molecule has 0 bridgehead atoms. The summed E-state index contributed by atoms with van der Waals surface area (Å²) in [6.45, 7) is 2.11. The summed E-state index contributed by atoms with van der Waals surface area (Å²) in [5.74, 6) is 0.667. The van der Waals surface area contributed by atoms with Gasteiger partial charge in [-0.1, -0.05) is 12.1 Å². The molecule has 0 saturated carbocycles. The molecule has 1 fully saturated rings.